The van der Waals surface area contributed by atoms with Crippen molar-refractivity contribution < 1.29 is 0 Å². The third-order valence-corrected chi connectivity index (χ3v) is 1.05. The third kappa shape index (κ3) is 1.07. The second-order valence-electron chi connectivity index (χ2n) is 1.66. The topological polar surface area (TPSA) is 23.8 Å². The summed E-state index contributed by atoms with van der Waals surface area (Å²) in [6.45, 7) is 0.390. The lowest BCUT2D eigenvalue weighted by Gasteiger charge is -1.97. The van der Waals surface area contributed by atoms with Gasteiger partial charge in [-0.15, -0.1) is 6.54 Å². The lowest BCUT2D eigenvalue weighted by Crippen LogP contribution is -1.72. The van der Waals surface area contributed by atoms with Gasteiger partial charge < -0.3 is 5.73 Å². The van der Waals surface area contributed by atoms with Crippen molar-refractivity contribution in [1.82, 2.24) is 0 Å². The Balaban J connectivity index is 2.83. The van der Waals surface area contributed by atoms with Crippen LogP contribution in [0.4, 0.5) is 0 Å². The predicted molar refractivity (Wildman–Crippen MR) is 34.5 cm³/mol. The molecule has 0 unspecified atom stereocenters. The molecule has 1 aromatic rings. The Kier molecular flexibility index (Phi) is 1.65. The highest BCUT2D eigenvalue weighted by molar-refractivity contribution is 5.15. The van der Waals surface area contributed by atoms with Crippen molar-refractivity contribution in [1.29, 1.82) is 0 Å². The molecule has 1 nitrogen and oxygen atoms in total. The number of hydrogen-bond acceptors (Lipinski definition) is 0. The van der Waals surface area contributed by atoms with Gasteiger partial charge in [0, 0.05) is 0 Å². The van der Waals surface area contributed by atoms with Crippen LogP contribution in [0.2, 0.25) is 0 Å². The second kappa shape index (κ2) is 2.48. The zero-order chi connectivity index (χ0) is 5.82. The van der Waals surface area contributed by atoms with Gasteiger partial charge >= 0.3 is 0 Å². The van der Waals surface area contributed by atoms with Gasteiger partial charge in [0.2, 0.25) is 0 Å². The van der Waals surface area contributed by atoms with Crippen LogP contribution in [-0.4, -0.2) is 0 Å². The minimum absolute atomic E-state index is 0.390. The van der Waals surface area contributed by atoms with Crippen molar-refractivity contribution >= 4 is 0 Å². The summed E-state index contributed by atoms with van der Waals surface area (Å²) in [5.74, 6) is 0. The molecule has 0 atom stereocenters. The highest BCUT2D eigenvalue weighted by Gasteiger charge is 1.75. The number of rotatable bonds is 1. The largest absolute Gasteiger partial charge is 0.674 e. The van der Waals surface area contributed by atoms with Crippen LogP contribution in [0.15, 0.2) is 30.3 Å². The maximum atomic E-state index is 6.94. The Morgan fingerprint density at radius 3 is 2.12 bits per heavy atom. The Hall–Kier alpha value is -0.820. The van der Waals surface area contributed by atoms with Crippen molar-refractivity contribution in [3.05, 3.63) is 41.6 Å². The maximum Gasteiger partial charge on any atom is -0.0608 e. The van der Waals surface area contributed by atoms with E-state index in [2.05, 4.69) is 0 Å². The van der Waals surface area contributed by atoms with Crippen molar-refractivity contribution in [2.45, 2.75) is 6.54 Å². The highest BCUT2D eigenvalue weighted by Crippen LogP contribution is 1.97. The van der Waals surface area contributed by atoms with Gasteiger partial charge in [0.05, 0.1) is 0 Å². The first-order chi connectivity index (χ1) is 3.93. The summed E-state index contributed by atoms with van der Waals surface area (Å²) in [6, 6.07) is 9.76. The van der Waals surface area contributed by atoms with Gasteiger partial charge in [-0.25, -0.2) is 0 Å². The van der Waals surface area contributed by atoms with Gasteiger partial charge in [-0.05, 0) is 0 Å². The van der Waals surface area contributed by atoms with Crippen LogP contribution in [0.1, 0.15) is 5.56 Å². The number of nitrogens with one attached hydrogen (secondary N) is 1. The first kappa shape index (κ1) is 5.32. The summed E-state index contributed by atoms with van der Waals surface area (Å²) in [4.78, 5) is 0. The molecule has 0 aliphatic rings. The van der Waals surface area contributed by atoms with Crippen LogP contribution in [0.25, 0.3) is 5.73 Å². The Bertz CT molecular complexity index is 146. The molecule has 0 fully saturated rings. The zero-order valence-corrected chi connectivity index (χ0v) is 4.59. The van der Waals surface area contributed by atoms with E-state index in [1.54, 1.807) is 0 Å². The van der Waals surface area contributed by atoms with E-state index < -0.39 is 0 Å². The fourth-order valence-corrected chi connectivity index (χ4v) is 0.596. The number of hydrogen-bond donors (Lipinski definition) is 0. The fraction of sp³-hybridized carbons (Fsp3) is 0.143. The first-order valence-corrected chi connectivity index (χ1v) is 2.62. The van der Waals surface area contributed by atoms with E-state index in [-0.39, 0.29) is 0 Å². The van der Waals surface area contributed by atoms with Gasteiger partial charge in [0.15, 0.2) is 0 Å². The minimum atomic E-state index is 0.390. The van der Waals surface area contributed by atoms with Gasteiger partial charge in [-0.3, -0.25) is 0 Å². The summed E-state index contributed by atoms with van der Waals surface area (Å²) in [6.07, 6.45) is 0. The molecule has 0 spiro atoms. The van der Waals surface area contributed by atoms with Crippen LogP contribution in [0.3, 0.4) is 0 Å². The van der Waals surface area contributed by atoms with Crippen LogP contribution < -0.4 is 0 Å². The van der Waals surface area contributed by atoms with Crippen molar-refractivity contribution in [3.8, 4) is 0 Å². The van der Waals surface area contributed by atoms with E-state index in [1.807, 2.05) is 30.3 Å². The maximum absolute atomic E-state index is 6.94. The molecule has 0 saturated heterocycles. The first-order valence-electron chi connectivity index (χ1n) is 2.62. The molecule has 0 heterocycles. The van der Waals surface area contributed by atoms with E-state index in [0.717, 1.165) is 5.56 Å². The van der Waals surface area contributed by atoms with Gasteiger partial charge in [0.25, 0.3) is 0 Å². The smallest absolute Gasteiger partial charge is 0.0608 e. The normalized spacial score (nSPS) is 9.12. The molecule has 0 aliphatic carbocycles. The molecule has 42 valence electrons. The van der Waals surface area contributed by atoms with Crippen molar-refractivity contribution in [2.75, 3.05) is 0 Å². The highest BCUT2D eigenvalue weighted by atomic mass is 14.5. The molecule has 8 heavy (non-hydrogen) atoms. The molecular weight excluding hydrogens is 98.1 g/mol. The molecule has 1 N–H and O–H groups in total. The molecule has 0 aromatic heterocycles. The van der Waals surface area contributed by atoms with Gasteiger partial charge in [-0.1, -0.05) is 35.9 Å². The van der Waals surface area contributed by atoms with E-state index in [9.17, 15) is 0 Å². The molecule has 0 aliphatic heterocycles. The molecule has 1 aromatic carbocycles. The van der Waals surface area contributed by atoms with Crippen molar-refractivity contribution in [3.63, 3.8) is 0 Å². The van der Waals surface area contributed by atoms with Crippen LogP contribution in [-0.2, 0) is 6.54 Å². The number of benzene rings is 1. The van der Waals surface area contributed by atoms with Crippen molar-refractivity contribution in [2.24, 2.45) is 0 Å². The van der Waals surface area contributed by atoms with Gasteiger partial charge in [0.1, 0.15) is 0 Å². The van der Waals surface area contributed by atoms with Crippen LogP contribution in [0, 0.1) is 0 Å². The fourth-order valence-electron chi connectivity index (χ4n) is 0.596. The third-order valence-electron chi connectivity index (χ3n) is 1.05. The van der Waals surface area contributed by atoms with E-state index in [0.29, 0.717) is 6.54 Å². The average Bonchev–Trinajstić information content (AvgIpc) is 1.90. The zero-order valence-electron chi connectivity index (χ0n) is 4.59. The monoisotopic (exact) mass is 106 g/mol. The lowest BCUT2D eigenvalue weighted by atomic mass is 10.2. The summed E-state index contributed by atoms with van der Waals surface area (Å²) in [7, 11) is 0. The summed E-state index contributed by atoms with van der Waals surface area (Å²) in [5.41, 5.74) is 8.02. The van der Waals surface area contributed by atoms with E-state index in [1.165, 1.54) is 0 Å². The molecule has 0 amide bonds. The molecular formula is C7H8N-. The SMILES string of the molecule is [NH-]Cc1ccccc1. The standard InChI is InChI=1S/C7H8N/c8-6-7-4-2-1-3-5-7/h1-5,8H,6H2/q-1. The quantitative estimate of drug-likeness (QED) is 0.524. The average molecular weight is 106 g/mol. The molecule has 1 heteroatoms. The van der Waals surface area contributed by atoms with Crippen LogP contribution >= 0.6 is 0 Å². The molecule has 0 radical (unpaired) electrons. The second-order valence-corrected chi connectivity index (χ2v) is 1.66. The minimum Gasteiger partial charge on any atom is -0.674 e. The Morgan fingerprint density at radius 1 is 1.12 bits per heavy atom. The van der Waals surface area contributed by atoms with E-state index in [4.69, 9.17) is 5.73 Å². The Morgan fingerprint density at radius 2 is 1.75 bits per heavy atom. The summed E-state index contributed by atoms with van der Waals surface area (Å²) < 4.78 is 0. The lowest BCUT2D eigenvalue weighted by molar-refractivity contribution is 1.29. The molecule has 0 saturated carbocycles. The molecule has 0 bridgehead atoms. The Labute approximate surface area is 49.1 Å². The summed E-state index contributed by atoms with van der Waals surface area (Å²) in [5, 5.41) is 0. The predicted octanol–water partition coefficient (Wildman–Crippen LogP) is 2.24. The summed E-state index contributed by atoms with van der Waals surface area (Å²) >= 11 is 0. The van der Waals surface area contributed by atoms with E-state index >= 15 is 0 Å². The van der Waals surface area contributed by atoms with Gasteiger partial charge in [-0.2, -0.15) is 0 Å². The van der Waals surface area contributed by atoms with Crippen LogP contribution in [0.5, 0.6) is 0 Å². The molecule has 1 rings (SSSR count).